The smallest absolute Gasteiger partial charge is 0.341 e. The lowest BCUT2D eigenvalue weighted by Crippen LogP contribution is -2.28. The Labute approximate surface area is 199 Å². The van der Waals surface area contributed by atoms with Crippen molar-refractivity contribution in [1.29, 1.82) is 0 Å². The fourth-order valence-electron chi connectivity index (χ4n) is 4.87. The van der Waals surface area contributed by atoms with E-state index in [2.05, 4.69) is 17.2 Å². The van der Waals surface area contributed by atoms with Gasteiger partial charge in [-0.3, -0.25) is 14.2 Å². The third kappa shape index (κ3) is 4.12. The molecule has 0 aromatic carbocycles. The van der Waals surface area contributed by atoms with Crippen LogP contribution in [0.3, 0.4) is 0 Å². The first-order valence-electron chi connectivity index (χ1n) is 11.6. The van der Waals surface area contributed by atoms with Crippen molar-refractivity contribution in [3.8, 4) is 0 Å². The van der Waals surface area contributed by atoms with E-state index in [0.717, 1.165) is 65.8 Å². The van der Waals surface area contributed by atoms with Crippen LogP contribution in [0, 0.1) is 5.92 Å². The van der Waals surface area contributed by atoms with Gasteiger partial charge in [-0.2, -0.15) is 0 Å². The van der Waals surface area contributed by atoms with Crippen molar-refractivity contribution < 1.29 is 14.3 Å². The van der Waals surface area contributed by atoms with Crippen LogP contribution >= 0.6 is 22.7 Å². The number of amides is 1. The number of carbonyl (C=O) groups excluding carboxylic acids is 2. The number of nitrogens with zero attached hydrogens (tertiary/aromatic N) is 2. The van der Waals surface area contributed by atoms with E-state index in [1.54, 1.807) is 18.3 Å². The minimum Gasteiger partial charge on any atom is -0.462 e. The van der Waals surface area contributed by atoms with Gasteiger partial charge < -0.3 is 10.1 Å². The Balaban J connectivity index is 1.42. The first kappa shape index (κ1) is 22.3. The number of rotatable bonds is 5. The summed E-state index contributed by atoms with van der Waals surface area (Å²) in [6.45, 7) is 4.14. The second kappa shape index (κ2) is 9.02. The number of anilines is 1. The maximum atomic E-state index is 13.2. The molecule has 0 aliphatic heterocycles. The minimum atomic E-state index is -0.397. The molecule has 1 unspecified atom stereocenters. The molecule has 1 N–H and O–H groups in total. The third-order valence-corrected chi connectivity index (χ3v) is 8.87. The largest absolute Gasteiger partial charge is 0.462 e. The molecule has 0 saturated heterocycles. The van der Waals surface area contributed by atoms with Crippen molar-refractivity contribution in [3.05, 3.63) is 43.1 Å². The molecule has 2 aliphatic rings. The number of hydrogen-bond donors (Lipinski definition) is 1. The number of fused-ring (bicyclic) bond motifs is 4. The van der Waals surface area contributed by atoms with Crippen LogP contribution in [0.1, 0.15) is 64.3 Å². The topological polar surface area (TPSA) is 90.3 Å². The predicted molar refractivity (Wildman–Crippen MR) is 131 cm³/mol. The second-order valence-electron chi connectivity index (χ2n) is 8.89. The van der Waals surface area contributed by atoms with E-state index in [-0.39, 0.29) is 24.6 Å². The molecule has 1 atom stereocenters. The Morgan fingerprint density at radius 3 is 2.82 bits per heavy atom. The van der Waals surface area contributed by atoms with Crippen LogP contribution in [0.5, 0.6) is 0 Å². The number of carbonyl (C=O) groups is 2. The maximum Gasteiger partial charge on any atom is 0.341 e. The van der Waals surface area contributed by atoms with Crippen molar-refractivity contribution in [2.75, 3.05) is 11.9 Å². The first-order chi connectivity index (χ1) is 16.0. The van der Waals surface area contributed by atoms with E-state index in [1.165, 1.54) is 27.1 Å². The Hall–Kier alpha value is -2.52. The molecule has 5 rings (SSSR count). The summed E-state index contributed by atoms with van der Waals surface area (Å²) in [4.78, 5) is 46.4. The van der Waals surface area contributed by atoms with Gasteiger partial charge in [-0.15, -0.1) is 22.7 Å². The van der Waals surface area contributed by atoms with Crippen molar-refractivity contribution in [2.24, 2.45) is 5.92 Å². The highest BCUT2D eigenvalue weighted by Crippen LogP contribution is 2.39. The van der Waals surface area contributed by atoms with Crippen LogP contribution in [0.4, 0.5) is 5.00 Å². The molecule has 174 valence electrons. The summed E-state index contributed by atoms with van der Waals surface area (Å²) in [5, 5.41) is 4.07. The summed E-state index contributed by atoms with van der Waals surface area (Å²) < 4.78 is 6.64. The van der Waals surface area contributed by atoms with Crippen LogP contribution in [-0.4, -0.2) is 28.0 Å². The van der Waals surface area contributed by atoms with Gasteiger partial charge in [-0.25, -0.2) is 9.78 Å². The number of thiophene rings is 2. The van der Waals surface area contributed by atoms with Crippen molar-refractivity contribution in [3.63, 3.8) is 0 Å². The van der Waals surface area contributed by atoms with Crippen LogP contribution in [0.2, 0.25) is 0 Å². The van der Waals surface area contributed by atoms with Gasteiger partial charge in [0, 0.05) is 9.75 Å². The second-order valence-corrected chi connectivity index (χ2v) is 11.1. The zero-order valence-corrected chi connectivity index (χ0v) is 20.5. The maximum absolute atomic E-state index is 13.2. The molecule has 3 heterocycles. The standard InChI is InChI=1S/C24H27N3O4S2/c1-3-31-24(30)20-14-6-4-5-7-16(14)32-22(20)26-18(28)11-27-12-25-21-19(23(27)29)15-9-8-13(2)10-17(15)33-21/h12-13H,3-11H2,1-2H3,(H,26,28). The van der Waals surface area contributed by atoms with Gasteiger partial charge in [0.2, 0.25) is 5.91 Å². The van der Waals surface area contributed by atoms with Gasteiger partial charge in [0.25, 0.3) is 5.56 Å². The highest BCUT2D eigenvalue weighted by atomic mass is 32.1. The van der Waals surface area contributed by atoms with Gasteiger partial charge in [0.1, 0.15) is 16.4 Å². The molecular formula is C24H27N3O4S2. The van der Waals surface area contributed by atoms with Gasteiger partial charge in [-0.05, 0) is 68.9 Å². The average Bonchev–Trinajstić information content (AvgIpc) is 3.33. The predicted octanol–water partition coefficient (Wildman–Crippen LogP) is 4.34. The molecule has 3 aromatic heterocycles. The Kier molecular flexibility index (Phi) is 6.09. The van der Waals surface area contributed by atoms with Crippen LogP contribution in [-0.2, 0) is 41.8 Å². The van der Waals surface area contributed by atoms with E-state index in [4.69, 9.17) is 4.74 Å². The van der Waals surface area contributed by atoms with Crippen molar-refractivity contribution in [2.45, 2.75) is 65.3 Å². The molecule has 33 heavy (non-hydrogen) atoms. The third-order valence-electron chi connectivity index (χ3n) is 6.50. The number of aromatic nitrogens is 2. The van der Waals surface area contributed by atoms with E-state index in [0.29, 0.717) is 21.9 Å². The van der Waals surface area contributed by atoms with Gasteiger partial charge in [-0.1, -0.05) is 6.92 Å². The number of aryl methyl sites for hydroxylation is 2. The van der Waals surface area contributed by atoms with E-state index < -0.39 is 5.97 Å². The van der Waals surface area contributed by atoms with Crippen LogP contribution in [0.25, 0.3) is 10.2 Å². The minimum absolute atomic E-state index is 0.145. The van der Waals surface area contributed by atoms with Gasteiger partial charge in [0.05, 0.1) is 23.9 Å². The fourth-order valence-corrected chi connectivity index (χ4v) is 7.51. The van der Waals surface area contributed by atoms with Crippen LogP contribution < -0.4 is 10.9 Å². The van der Waals surface area contributed by atoms with E-state index in [9.17, 15) is 14.4 Å². The summed E-state index contributed by atoms with van der Waals surface area (Å²) in [5.74, 6) is -0.129. The molecule has 9 heteroatoms. The summed E-state index contributed by atoms with van der Waals surface area (Å²) in [5.41, 5.74) is 2.42. The summed E-state index contributed by atoms with van der Waals surface area (Å²) >= 11 is 3.05. The zero-order chi connectivity index (χ0) is 23.1. The van der Waals surface area contributed by atoms with E-state index >= 15 is 0 Å². The van der Waals surface area contributed by atoms with Crippen LogP contribution in [0.15, 0.2) is 11.1 Å². The van der Waals surface area contributed by atoms with Crippen molar-refractivity contribution in [1.82, 2.24) is 9.55 Å². The van der Waals surface area contributed by atoms with Gasteiger partial charge in [0.15, 0.2) is 0 Å². The molecule has 0 saturated carbocycles. The number of hydrogen-bond acceptors (Lipinski definition) is 7. The van der Waals surface area contributed by atoms with Crippen molar-refractivity contribution >= 4 is 49.8 Å². The lowest BCUT2D eigenvalue weighted by Gasteiger charge is -2.17. The van der Waals surface area contributed by atoms with E-state index in [1.807, 2.05) is 0 Å². The lowest BCUT2D eigenvalue weighted by atomic mass is 9.89. The molecule has 0 fully saturated rings. The first-order valence-corrected chi connectivity index (χ1v) is 13.2. The quantitative estimate of drug-likeness (QED) is 0.543. The normalized spacial score (nSPS) is 17.5. The molecular weight excluding hydrogens is 458 g/mol. The zero-order valence-electron chi connectivity index (χ0n) is 18.9. The highest BCUT2D eigenvalue weighted by molar-refractivity contribution is 7.18. The Bertz CT molecular complexity index is 1300. The SMILES string of the molecule is CCOC(=O)c1c(NC(=O)Cn2cnc3sc4c(c3c2=O)CCC(C)C4)sc2c1CCCC2. The molecule has 0 spiro atoms. The average molecular weight is 486 g/mol. The van der Waals surface area contributed by atoms with Gasteiger partial charge >= 0.3 is 5.97 Å². The summed E-state index contributed by atoms with van der Waals surface area (Å²) in [6, 6.07) is 0. The number of ether oxygens (including phenoxy) is 1. The molecule has 2 aliphatic carbocycles. The lowest BCUT2D eigenvalue weighted by molar-refractivity contribution is -0.116. The number of esters is 1. The molecule has 0 bridgehead atoms. The summed E-state index contributed by atoms with van der Waals surface area (Å²) in [6.07, 6.45) is 8.21. The number of nitrogens with one attached hydrogen (secondary N) is 1. The Morgan fingerprint density at radius 2 is 2.00 bits per heavy atom. The fraction of sp³-hybridized carbons (Fsp3) is 0.500. The Morgan fingerprint density at radius 1 is 1.18 bits per heavy atom. The molecule has 3 aromatic rings. The molecule has 0 radical (unpaired) electrons. The molecule has 7 nitrogen and oxygen atoms in total. The summed E-state index contributed by atoms with van der Waals surface area (Å²) in [7, 11) is 0. The molecule has 1 amide bonds. The monoisotopic (exact) mass is 485 g/mol. The highest BCUT2D eigenvalue weighted by Gasteiger charge is 2.28.